The molecule has 0 saturated carbocycles. The minimum atomic E-state index is -0.160. The standard InChI is InChI=1S/C61H77N5O10S2/c1-9-20-72-21-14-27-77-78-61(2,3)41-64(19-22-73-25-26-74-24-23-69-6)46-29-42(39-75-57-35-53-49(33-55(57)70-7)59(67)65-47(37-62(53)4)31-44-15-10-12-17-51(44)65)28-43(30-46)40-76-58-36-54-50(34-56(58)71-8)60(68)66-48(38-63(54)5)32-45-16-11-13-18-52(45)66/h10-13,15-18,28-30,33-36,47-48H,9,14,19-27,31-32,37-41H2,1-8H3/t47-,48-/m0/s1. The first-order chi connectivity index (χ1) is 37.9. The topological polar surface area (TPSA) is 124 Å². The lowest BCUT2D eigenvalue weighted by molar-refractivity contribution is 0.0264. The number of para-hydroxylation sites is 2. The summed E-state index contributed by atoms with van der Waals surface area (Å²) in [5.41, 5.74) is 9.81. The molecular weight excluding hydrogens is 1030 g/mol. The van der Waals surface area contributed by atoms with Crippen LogP contribution in [-0.2, 0) is 45.0 Å². The molecule has 5 aromatic carbocycles. The van der Waals surface area contributed by atoms with Gasteiger partial charge in [0.1, 0.15) is 13.2 Å². The lowest BCUT2D eigenvalue weighted by Gasteiger charge is -2.34. The second-order valence-corrected chi connectivity index (χ2v) is 24.1. The molecule has 2 atom stereocenters. The van der Waals surface area contributed by atoms with E-state index in [0.717, 1.165) is 90.8 Å². The number of likely N-dealkylation sites (N-methyl/N-ethyl adjacent to an activating group) is 2. The van der Waals surface area contributed by atoms with Crippen LogP contribution in [0.1, 0.15) is 76.6 Å². The number of benzene rings is 5. The summed E-state index contributed by atoms with van der Waals surface area (Å²) in [6.07, 6.45) is 3.60. The number of methoxy groups -OCH3 is 3. The molecule has 17 heteroatoms. The van der Waals surface area contributed by atoms with E-state index in [1.165, 1.54) is 11.1 Å². The van der Waals surface area contributed by atoms with Gasteiger partial charge in [-0.1, -0.05) is 64.9 Å². The lowest BCUT2D eigenvalue weighted by Crippen LogP contribution is -2.41. The van der Waals surface area contributed by atoms with Crippen molar-refractivity contribution in [2.24, 2.45) is 0 Å². The predicted octanol–water partition coefficient (Wildman–Crippen LogP) is 10.4. The third-order valence-corrected chi connectivity index (χ3v) is 18.0. The number of hydrogen-bond donors (Lipinski definition) is 0. The van der Waals surface area contributed by atoms with Crippen LogP contribution in [0.15, 0.2) is 91.0 Å². The van der Waals surface area contributed by atoms with Crippen LogP contribution in [0.3, 0.4) is 0 Å². The first-order valence-corrected chi connectivity index (χ1v) is 29.6. The Morgan fingerprint density at radius 1 is 0.603 bits per heavy atom. The van der Waals surface area contributed by atoms with E-state index in [4.69, 9.17) is 37.9 Å². The summed E-state index contributed by atoms with van der Waals surface area (Å²) in [6, 6.07) is 30.4. The highest BCUT2D eigenvalue weighted by Crippen LogP contribution is 2.45. The first-order valence-electron chi connectivity index (χ1n) is 27.3. The summed E-state index contributed by atoms with van der Waals surface area (Å²) in [5.74, 6) is 2.91. The van der Waals surface area contributed by atoms with Gasteiger partial charge in [-0.2, -0.15) is 0 Å². The fourth-order valence-electron chi connectivity index (χ4n) is 11.0. The average molecular weight is 1100 g/mol. The average Bonchev–Trinajstić information content (AvgIpc) is 4.13. The van der Waals surface area contributed by atoms with E-state index in [0.29, 0.717) is 86.8 Å². The molecule has 0 N–H and O–H groups in total. The van der Waals surface area contributed by atoms with Gasteiger partial charge in [-0.15, -0.1) is 0 Å². The molecule has 0 bridgehead atoms. The molecule has 4 heterocycles. The Morgan fingerprint density at radius 2 is 1.12 bits per heavy atom. The summed E-state index contributed by atoms with van der Waals surface area (Å²) in [5, 5.41) is 0. The van der Waals surface area contributed by atoms with Crippen molar-refractivity contribution in [1.29, 1.82) is 0 Å². The van der Waals surface area contributed by atoms with E-state index in [1.54, 1.807) is 21.3 Å². The first kappa shape index (κ1) is 56.9. The molecule has 418 valence electrons. The zero-order valence-electron chi connectivity index (χ0n) is 46.7. The quantitative estimate of drug-likeness (QED) is 0.0348. The molecule has 0 aliphatic carbocycles. The smallest absolute Gasteiger partial charge is 0.260 e. The van der Waals surface area contributed by atoms with Gasteiger partial charge in [0.25, 0.3) is 11.8 Å². The number of nitrogens with zero attached hydrogens (tertiary/aromatic N) is 5. The molecule has 0 aromatic heterocycles. The van der Waals surface area contributed by atoms with Gasteiger partial charge in [-0.05, 0) is 104 Å². The van der Waals surface area contributed by atoms with Gasteiger partial charge in [0.2, 0.25) is 0 Å². The third-order valence-electron chi connectivity index (χ3n) is 14.6. The molecule has 0 unspecified atom stereocenters. The third kappa shape index (κ3) is 13.3. The van der Waals surface area contributed by atoms with E-state index in [-0.39, 0.29) is 41.9 Å². The van der Waals surface area contributed by atoms with Crippen LogP contribution >= 0.6 is 21.6 Å². The van der Waals surface area contributed by atoms with Gasteiger partial charge >= 0.3 is 0 Å². The van der Waals surface area contributed by atoms with Gasteiger partial charge in [-0.3, -0.25) is 9.59 Å². The summed E-state index contributed by atoms with van der Waals surface area (Å²) >= 11 is 0. The van der Waals surface area contributed by atoms with Crippen molar-refractivity contribution >= 4 is 61.8 Å². The van der Waals surface area contributed by atoms with E-state index >= 15 is 0 Å². The van der Waals surface area contributed by atoms with Crippen LogP contribution in [0.4, 0.5) is 28.4 Å². The van der Waals surface area contributed by atoms with Gasteiger partial charge in [0.05, 0.1) is 81.8 Å². The van der Waals surface area contributed by atoms with Crippen molar-refractivity contribution in [2.45, 2.75) is 76.5 Å². The highest BCUT2D eigenvalue weighted by Gasteiger charge is 2.41. The fraction of sp³-hybridized carbons (Fsp3) is 0.475. The minimum Gasteiger partial charge on any atom is -0.493 e. The summed E-state index contributed by atoms with van der Waals surface area (Å²) in [6.45, 7) is 13.8. The predicted molar refractivity (Wildman–Crippen MR) is 315 cm³/mol. The van der Waals surface area contributed by atoms with Crippen LogP contribution in [0.25, 0.3) is 0 Å². The van der Waals surface area contributed by atoms with Crippen molar-refractivity contribution in [1.82, 2.24) is 0 Å². The maximum absolute atomic E-state index is 14.4. The van der Waals surface area contributed by atoms with Crippen molar-refractivity contribution in [2.75, 3.05) is 138 Å². The molecule has 0 radical (unpaired) electrons. The van der Waals surface area contributed by atoms with Crippen molar-refractivity contribution in [3.8, 4) is 23.0 Å². The Kier molecular flexibility index (Phi) is 19.3. The van der Waals surface area contributed by atoms with Crippen LogP contribution < -0.4 is 43.4 Å². The van der Waals surface area contributed by atoms with E-state index in [9.17, 15) is 9.59 Å². The molecule has 4 aliphatic rings. The number of fused-ring (bicyclic) bond motifs is 8. The fourth-order valence-corrected chi connectivity index (χ4v) is 13.5. The molecule has 15 nitrogen and oxygen atoms in total. The van der Waals surface area contributed by atoms with E-state index < -0.39 is 0 Å². The van der Waals surface area contributed by atoms with Crippen LogP contribution in [0.2, 0.25) is 0 Å². The molecule has 0 spiro atoms. The van der Waals surface area contributed by atoms with Gasteiger partial charge in [0.15, 0.2) is 23.0 Å². The maximum atomic E-state index is 14.4. The molecule has 4 aliphatic heterocycles. The normalized spacial score (nSPS) is 16.5. The van der Waals surface area contributed by atoms with Gasteiger partial charge in [-0.25, -0.2) is 0 Å². The molecule has 0 saturated heterocycles. The second kappa shape index (κ2) is 26.4. The molecule has 78 heavy (non-hydrogen) atoms. The van der Waals surface area contributed by atoms with E-state index in [2.05, 4.69) is 65.8 Å². The molecule has 5 aromatic rings. The highest BCUT2D eigenvalue weighted by atomic mass is 33.1. The number of amides is 2. The second-order valence-electron chi connectivity index (χ2n) is 21.0. The van der Waals surface area contributed by atoms with Crippen LogP contribution in [-0.4, -0.2) is 142 Å². The lowest BCUT2D eigenvalue weighted by atomic mass is 10.1. The highest BCUT2D eigenvalue weighted by molar-refractivity contribution is 8.77. The maximum Gasteiger partial charge on any atom is 0.260 e. The molecule has 0 fully saturated rings. The number of anilines is 5. The molecular formula is C61H77N5O10S2. The zero-order chi connectivity index (χ0) is 54.8. The Morgan fingerprint density at radius 3 is 1.64 bits per heavy atom. The minimum absolute atomic E-state index is 0.00535. The van der Waals surface area contributed by atoms with Gasteiger partial charge < -0.3 is 62.4 Å². The number of ether oxygens (including phenoxy) is 8. The van der Waals surface area contributed by atoms with Crippen LogP contribution in [0, 0.1) is 0 Å². The number of rotatable bonds is 28. The van der Waals surface area contributed by atoms with Crippen molar-refractivity contribution in [3.05, 3.63) is 124 Å². The summed E-state index contributed by atoms with van der Waals surface area (Å²) in [7, 11) is 12.7. The number of carbonyl (C=O) groups excluding carboxylic acids is 2. The Balaban J connectivity index is 1.01. The summed E-state index contributed by atoms with van der Waals surface area (Å²) < 4.78 is 48.2. The van der Waals surface area contributed by atoms with Crippen molar-refractivity contribution < 1.29 is 47.5 Å². The monoisotopic (exact) mass is 1100 g/mol. The Labute approximate surface area is 469 Å². The molecule has 2 amide bonds. The summed E-state index contributed by atoms with van der Waals surface area (Å²) in [4.78, 5) is 39.5. The SMILES string of the molecule is CCCOCCCSSC(C)(C)CN(CCOCCOCCOC)c1cc(COc2cc3c(cc2OC)C(=O)N2c4ccccc4C[C@H]2CN3C)cc(COc2cc3c(cc2OC)C(=O)N2c4ccccc4C[C@H]2CN3C)c1. The van der Waals surface area contributed by atoms with Crippen LogP contribution in [0.5, 0.6) is 23.0 Å². The Hall–Kier alpha value is -5.82. The number of hydrogen-bond acceptors (Lipinski definition) is 15. The van der Waals surface area contributed by atoms with E-state index in [1.807, 2.05) is 106 Å². The largest absolute Gasteiger partial charge is 0.493 e. The Bertz CT molecular complexity index is 2710. The zero-order valence-corrected chi connectivity index (χ0v) is 48.3. The van der Waals surface area contributed by atoms with Crippen molar-refractivity contribution in [3.63, 3.8) is 0 Å². The number of carbonyl (C=O) groups is 2. The molecule has 9 rings (SSSR count). The van der Waals surface area contributed by atoms with Gasteiger partial charge in [0, 0.05) is 100 Å².